The number of nitrogens with one attached hydrogen (secondary N) is 2. The standard InChI is InChI=1S/C24H24ClFN4O2/c1-14-2-3-18(25)22(23(14)26)24(32)17-10-19(28-13-17)20(31)8-16-11-29-21(30-12-16)9-15-4-6-27-7-5-15/h2-3,10-13,15,27-28H,4-9H2,1H3. The normalized spacial score (nSPS) is 14.5. The van der Waals surface area contributed by atoms with Gasteiger partial charge in [0.1, 0.15) is 11.6 Å². The monoisotopic (exact) mass is 454 g/mol. The lowest BCUT2D eigenvalue weighted by Crippen LogP contribution is -2.29. The molecule has 3 aromatic rings. The van der Waals surface area contributed by atoms with Crippen LogP contribution in [0.4, 0.5) is 4.39 Å². The number of aromatic amines is 1. The van der Waals surface area contributed by atoms with E-state index in [9.17, 15) is 14.0 Å². The molecular weight excluding hydrogens is 431 g/mol. The van der Waals surface area contributed by atoms with Gasteiger partial charge in [0.15, 0.2) is 11.6 Å². The lowest BCUT2D eigenvalue weighted by molar-refractivity contribution is 0.0988. The summed E-state index contributed by atoms with van der Waals surface area (Å²) in [6.45, 7) is 3.62. The van der Waals surface area contributed by atoms with E-state index in [4.69, 9.17) is 11.6 Å². The van der Waals surface area contributed by atoms with E-state index < -0.39 is 11.6 Å². The average Bonchev–Trinajstić information content (AvgIpc) is 3.29. The molecule has 1 aliphatic heterocycles. The quantitative estimate of drug-likeness (QED) is 0.525. The van der Waals surface area contributed by atoms with Gasteiger partial charge in [-0.1, -0.05) is 17.7 Å². The highest BCUT2D eigenvalue weighted by Crippen LogP contribution is 2.25. The summed E-state index contributed by atoms with van der Waals surface area (Å²) in [6.07, 6.45) is 7.93. The predicted octanol–water partition coefficient (Wildman–Crippen LogP) is 4.10. The van der Waals surface area contributed by atoms with Gasteiger partial charge >= 0.3 is 0 Å². The van der Waals surface area contributed by atoms with E-state index in [0.717, 1.165) is 38.2 Å². The molecule has 0 amide bonds. The minimum Gasteiger partial charge on any atom is -0.358 e. The molecule has 0 bridgehead atoms. The van der Waals surface area contributed by atoms with Crippen LogP contribution in [0.5, 0.6) is 0 Å². The summed E-state index contributed by atoms with van der Waals surface area (Å²) in [6, 6.07) is 4.43. The Balaban J connectivity index is 1.42. The Kier molecular flexibility index (Phi) is 6.77. The topological polar surface area (TPSA) is 87.7 Å². The molecule has 3 heterocycles. The minimum atomic E-state index is -0.654. The van der Waals surface area contributed by atoms with Gasteiger partial charge in [0.05, 0.1) is 16.3 Å². The number of nitrogens with zero attached hydrogens (tertiary/aromatic N) is 2. The molecule has 0 unspecified atom stereocenters. The molecule has 0 saturated carbocycles. The number of piperidine rings is 1. The third-order valence-electron chi connectivity index (χ3n) is 5.81. The van der Waals surface area contributed by atoms with Gasteiger partial charge in [-0.05, 0) is 62.0 Å². The number of hydrogen-bond donors (Lipinski definition) is 2. The molecule has 1 fully saturated rings. The second kappa shape index (κ2) is 9.71. The lowest BCUT2D eigenvalue weighted by Gasteiger charge is -2.21. The van der Waals surface area contributed by atoms with Gasteiger partial charge in [-0.3, -0.25) is 9.59 Å². The summed E-state index contributed by atoms with van der Waals surface area (Å²) in [5, 5.41) is 3.38. The summed E-state index contributed by atoms with van der Waals surface area (Å²) in [7, 11) is 0. The SMILES string of the molecule is Cc1ccc(Cl)c(C(=O)c2c[nH]c(C(=O)Cc3cnc(CC4CCNCC4)nc3)c2)c1F. The first kappa shape index (κ1) is 22.3. The number of rotatable bonds is 7. The Morgan fingerprint density at radius 3 is 2.62 bits per heavy atom. The molecule has 1 aromatic carbocycles. The van der Waals surface area contributed by atoms with Crippen molar-refractivity contribution in [2.75, 3.05) is 13.1 Å². The first-order valence-corrected chi connectivity index (χ1v) is 11.0. The Hall–Kier alpha value is -2.90. The molecule has 2 N–H and O–H groups in total. The molecule has 2 aromatic heterocycles. The summed E-state index contributed by atoms with van der Waals surface area (Å²) >= 11 is 6.04. The van der Waals surface area contributed by atoms with Crippen LogP contribution in [0.1, 0.15) is 56.2 Å². The zero-order chi connectivity index (χ0) is 22.7. The maximum absolute atomic E-state index is 14.4. The van der Waals surface area contributed by atoms with E-state index >= 15 is 0 Å². The van der Waals surface area contributed by atoms with Crippen molar-refractivity contribution < 1.29 is 14.0 Å². The summed E-state index contributed by atoms with van der Waals surface area (Å²) in [5.41, 5.74) is 1.26. The van der Waals surface area contributed by atoms with E-state index in [2.05, 4.69) is 20.3 Å². The Morgan fingerprint density at radius 1 is 1.19 bits per heavy atom. The molecule has 8 heteroatoms. The fourth-order valence-corrected chi connectivity index (χ4v) is 4.13. The highest BCUT2D eigenvalue weighted by atomic mass is 35.5. The molecule has 1 aliphatic rings. The van der Waals surface area contributed by atoms with Gasteiger partial charge in [0, 0.05) is 37.0 Å². The van der Waals surface area contributed by atoms with Crippen LogP contribution in [0.3, 0.4) is 0 Å². The number of ketones is 2. The molecule has 32 heavy (non-hydrogen) atoms. The molecule has 0 aliphatic carbocycles. The fourth-order valence-electron chi connectivity index (χ4n) is 3.90. The first-order chi connectivity index (χ1) is 15.4. The maximum Gasteiger partial charge on any atom is 0.199 e. The van der Waals surface area contributed by atoms with Crippen molar-refractivity contribution in [2.24, 2.45) is 5.92 Å². The fraction of sp³-hybridized carbons (Fsp3) is 0.333. The second-order valence-electron chi connectivity index (χ2n) is 8.19. The van der Waals surface area contributed by atoms with Crippen molar-refractivity contribution in [3.8, 4) is 0 Å². The Bertz CT molecular complexity index is 1140. The minimum absolute atomic E-state index is 0.0360. The molecule has 0 atom stereocenters. The van der Waals surface area contributed by atoms with Crippen molar-refractivity contribution in [1.82, 2.24) is 20.3 Å². The van der Waals surface area contributed by atoms with E-state index in [0.29, 0.717) is 17.0 Å². The maximum atomic E-state index is 14.4. The van der Waals surface area contributed by atoms with Crippen LogP contribution < -0.4 is 5.32 Å². The molecule has 4 rings (SSSR count). The number of benzene rings is 1. The zero-order valence-electron chi connectivity index (χ0n) is 17.8. The van der Waals surface area contributed by atoms with E-state index in [1.807, 2.05) is 0 Å². The van der Waals surface area contributed by atoms with Crippen LogP contribution in [0, 0.1) is 18.7 Å². The Morgan fingerprint density at radius 2 is 1.91 bits per heavy atom. The van der Waals surface area contributed by atoms with Crippen LogP contribution in [0.2, 0.25) is 5.02 Å². The number of halogens is 2. The van der Waals surface area contributed by atoms with Gasteiger partial charge < -0.3 is 10.3 Å². The van der Waals surface area contributed by atoms with Crippen molar-refractivity contribution in [3.63, 3.8) is 0 Å². The first-order valence-electron chi connectivity index (χ1n) is 10.6. The predicted molar refractivity (Wildman–Crippen MR) is 120 cm³/mol. The molecule has 6 nitrogen and oxygen atoms in total. The third kappa shape index (κ3) is 4.95. The van der Waals surface area contributed by atoms with Crippen LogP contribution in [0.25, 0.3) is 0 Å². The summed E-state index contributed by atoms with van der Waals surface area (Å²) in [5.74, 6) is -0.0618. The van der Waals surface area contributed by atoms with Gasteiger partial charge in [-0.25, -0.2) is 14.4 Å². The van der Waals surface area contributed by atoms with Crippen molar-refractivity contribution in [2.45, 2.75) is 32.6 Å². The zero-order valence-corrected chi connectivity index (χ0v) is 18.5. The average molecular weight is 455 g/mol. The van der Waals surface area contributed by atoms with Gasteiger partial charge in [-0.15, -0.1) is 0 Å². The lowest BCUT2D eigenvalue weighted by atomic mass is 9.94. The highest BCUT2D eigenvalue weighted by molar-refractivity contribution is 6.35. The molecule has 1 saturated heterocycles. The number of H-pyrrole nitrogens is 1. The number of aryl methyl sites for hydroxylation is 1. The number of Topliss-reactive ketones (excluding diaryl/α,β-unsaturated/α-hetero) is 1. The van der Waals surface area contributed by atoms with Crippen molar-refractivity contribution >= 4 is 23.2 Å². The van der Waals surface area contributed by atoms with E-state index in [1.54, 1.807) is 19.3 Å². The third-order valence-corrected chi connectivity index (χ3v) is 6.13. The van der Waals surface area contributed by atoms with Crippen LogP contribution in [-0.4, -0.2) is 39.6 Å². The second-order valence-corrected chi connectivity index (χ2v) is 8.60. The molecule has 0 radical (unpaired) electrons. The van der Waals surface area contributed by atoms with Gasteiger partial charge in [-0.2, -0.15) is 0 Å². The number of carbonyl (C=O) groups excluding carboxylic acids is 2. The number of aromatic nitrogens is 3. The smallest absolute Gasteiger partial charge is 0.199 e. The highest BCUT2D eigenvalue weighted by Gasteiger charge is 2.22. The van der Waals surface area contributed by atoms with Gasteiger partial charge in [0.25, 0.3) is 0 Å². The van der Waals surface area contributed by atoms with E-state index in [-0.39, 0.29) is 34.0 Å². The summed E-state index contributed by atoms with van der Waals surface area (Å²) < 4.78 is 14.4. The van der Waals surface area contributed by atoms with Crippen LogP contribution in [0.15, 0.2) is 36.8 Å². The Labute approximate surface area is 190 Å². The van der Waals surface area contributed by atoms with Crippen LogP contribution in [-0.2, 0) is 12.8 Å². The number of hydrogen-bond acceptors (Lipinski definition) is 5. The molecule has 0 spiro atoms. The van der Waals surface area contributed by atoms with Crippen LogP contribution >= 0.6 is 11.6 Å². The van der Waals surface area contributed by atoms with Crippen molar-refractivity contribution in [3.05, 3.63) is 81.4 Å². The number of carbonyl (C=O) groups is 2. The van der Waals surface area contributed by atoms with Gasteiger partial charge in [0.2, 0.25) is 0 Å². The largest absolute Gasteiger partial charge is 0.358 e. The van der Waals surface area contributed by atoms with E-state index in [1.165, 1.54) is 24.4 Å². The molecule has 166 valence electrons. The molecular formula is C24H24ClFN4O2. The van der Waals surface area contributed by atoms with Crippen molar-refractivity contribution in [1.29, 1.82) is 0 Å². The summed E-state index contributed by atoms with van der Waals surface area (Å²) in [4.78, 5) is 37.1.